The van der Waals surface area contributed by atoms with E-state index in [-0.39, 0.29) is 0 Å². The summed E-state index contributed by atoms with van der Waals surface area (Å²) >= 11 is 0. The number of rotatable bonds is 2. The lowest BCUT2D eigenvalue weighted by Crippen LogP contribution is -2.39. The Balaban J connectivity index is 1.96. The van der Waals surface area contributed by atoms with Gasteiger partial charge in [-0.1, -0.05) is 44.5 Å². The second kappa shape index (κ2) is 4.94. The van der Waals surface area contributed by atoms with Crippen LogP contribution < -0.4 is 0 Å². The van der Waals surface area contributed by atoms with E-state index in [0.29, 0.717) is 11.8 Å². The summed E-state index contributed by atoms with van der Waals surface area (Å²) in [7, 11) is 0. The summed E-state index contributed by atoms with van der Waals surface area (Å²) in [5.74, 6) is 1.83. The second-order valence-corrected chi connectivity index (χ2v) is 6.92. The molecule has 3 atom stereocenters. The Morgan fingerprint density at radius 3 is 2.47 bits per heavy atom. The fourth-order valence-corrected chi connectivity index (χ4v) is 4.00. The topological polar surface area (TPSA) is 20.2 Å². The number of aliphatic hydroxyl groups is 1. The van der Waals surface area contributed by atoms with Crippen LogP contribution in [0.1, 0.15) is 69.4 Å². The quantitative estimate of drug-likeness (QED) is 0.822. The lowest BCUT2D eigenvalue weighted by molar-refractivity contribution is -0.0598. The van der Waals surface area contributed by atoms with Gasteiger partial charge in [-0.15, -0.1) is 0 Å². The molecule has 1 aromatic carbocycles. The van der Waals surface area contributed by atoms with Gasteiger partial charge in [-0.3, -0.25) is 0 Å². The van der Waals surface area contributed by atoms with E-state index in [4.69, 9.17) is 0 Å². The molecule has 2 aliphatic rings. The highest BCUT2D eigenvalue weighted by Gasteiger charge is 2.42. The smallest absolute Gasteiger partial charge is 0.0924 e. The van der Waals surface area contributed by atoms with Gasteiger partial charge in [0.15, 0.2) is 0 Å². The van der Waals surface area contributed by atoms with Crippen molar-refractivity contribution in [2.45, 2.75) is 63.9 Å². The van der Waals surface area contributed by atoms with Crippen LogP contribution in [0.4, 0.5) is 0 Å². The van der Waals surface area contributed by atoms with E-state index in [1.807, 2.05) is 0 Å². The first-order valence-electron chi connectivity index (χ1n) is 7.93. The van der Waals surface area contributed by atoms with Crippen LogP contribution in [-0.4, -0.2) is 5.11 Å². The Hall–Kier alpha value is -0.820. The van der Waals surface area contributed by atoms with Crippen LogP contribution in [0.2, 0.25) is 0 Å². The number of hydrogen-bond acceptors (Lipinski definition) is 1. The van der Waals surface area contributed by atoms with Crippen molar-refractivity contribution in [1.29, 1.82) is 0 Å². The Morgan fingerprint density at radius 1 is 1.11 bits per heavy atom. The van der Waals surface area contributed by atoms with Crippen LogP contribution in [0.3, 0.4) is 0 Å². The van der Waals surface area contributed by atoms with Crippen LogP contribution in [0.5, 0.6) is 0 Å². The maximum atomic E-state index is 11.3. The molecule has 1 heteroatoms. The Bertz CT molecular complexity index is 449. The van der Waals surface area contributed by atoms with Gasteiger partial charge in [0.1, 0.15) is 0 Å². The van der Waals surface area contributed by atoms with Crippen molar-refractivity contribution < 1.29 is 5.11 Å². The summed E-state index contributed by atoms with van der Waals surface area (Å²) in [6.45, 7) is 4.54. The third-order valence-corrected chi connectivity index (χ3v) is 5.56. The summed E-state index contributed by atoms with van der Waals surface area (Å²) in [6.07, 6.45) is 7.19. The monoisotopic (exact) mass is 258 g/mol. The largest absolute Gasteiger partial charge is 0.385 e. The molecule has 104 valence electrons. The van der Waals surface area contributed by atoms with Gasteiger partial charge in [-0.2, -0.15) is 0 Å². The zero-order valence-electron chi connectivity index (χ0n) is 12.2. The first kappa shape index (κ1) is 13.2. The van der Waals surface area contributed by atoms with Crippen LogP contribution in [-0.2, 0) is 5.60 Å². The highest BCUT2D eigenvalue weighted by atomic mass is 16.3. The molecule has 2 aliphatic carbocycles. The van der Waals surface area contributed by atoms with Gasteiger partial charge in [-0.25, -0.2) is 0 Å². The standard InChI is InChI=1S/C18H26O/c1-13-10-11-18(19,14(2)12-13)17-9-4-3-8-16(17)15-6-5-7-15/h3-4,8-9,13-15,19H,5-7,10-12H2,1-2H3. The zero-order valence-corrected chi connectivity index (χ0v) is 12.2. The fourth-order valence-electron chi connectivity index (χ4n) is 4.00. The highest BCUT2D eigenvalue weighted by Crippen LogP contribution is 2.48. The molecule has 0 bridgehead atoms. The number of hydrogen-bond donors (Lipinski definition) is 1. The van der Waals surface area contributed by atoms with E-state index in [9.17, 15) is 5.11 Å². The molecule has 3 unspecified atom stereocenters. The minimum absolute atomic E-state index is 0.373. The van der Waals surface area contributed by atoms with Gasteiger partial charge in [0.2, 0.25) is 0 Å². The Morgan fingerprint density at radius 2 is 1.84 bits per heavy atom. The van der Waals surface area contributed by atoms with E-state index in [0.717, 1.165) is 25.2 Å². The molecule has 0 aliphatic heterocycles. The molecule has 2 saturated carbocycles. The molecule has 0 saturated heterocycles. The summed E-state index contributed by atoms with van der Waals surface area (Å²) in [5.41, 5.74) is 2.08. The van der Waals surface area contributed by atoms with Crippen LogP contribution >= 0.6 is 0 Å². The van der Waals surface area contributed by atoms with E-state index >= 15 is 0 Å². The molecule has 3 rings (SSSR count). The molecule has 0 aromatic heterocycles. The lowest BCUT2D eigenvalue weighted by Gasteiger charge is -2.43. The minimum atomic E-state index is -0.585. The third-order valence-electron chi connectivity index (χ3n) is 5.56. The summed E-state index contributed by atoms with van der Waals surface area (Å²) in [4.78, 5) is 0. The van der Waals surface area contributed by atoms with Crippen LogP contribution in [0.25, 0.3) is 0 Å². The van der Waals surface area contributed by atoms with Crippen molar-refractivity contribution in [3.63, 3.8) is 0 Å². The Kier molecular flexibility index (Phi) is 3.42. The first-order chi connectivity index (χ1) is 9.11. The van der Waals surface area contributed by atoms with Gasteiger partial charge in [-0.05, 0) is 61.0 Å². The lowest BCUT2D eigenvalue weighted by atomic mass is 9.66. The highest BCUT2D eigenvalue weighted by molar-refractivity contribution is 5.37. The van der Waals surface area contributed by atoms with Crippen molar-refractivity contribution in [3.05, 3.63) is 35.4 Å². The van der Waals surface area contributed by atoms with E-state index < -0.39 is 5.60 Å². The van der Waals surface area contributed by atoms with Gasteiger partial charge in [0, 0.05) is 0 Å². The molecule has 1 N–H and O–H groups in total. The predicted molar refractivity (Wildman–Crippen MR) is 79.1 cm³/mol. The second-order valence-electron chi connectivity index (χ2n) is 6.92. The molecule has 1 nitrogen and oxygen atoms in total. The molecule has 19 heavy (non-hydrogen) atoms. The normalized spacial score (nSPS) is 35.9. The van der Waals surface area contributed by atoms with Crippen LogP contribution in [0.15, 0.2) is 24.3 Å². The maximum absolute atomic E-state index is 11.3. The van der Waals surface area contributed by atoms with Crippen molar-refractivity contribution in [2.75, 3.05) is 0 Å². The van der Waals surface area contributed by atoms with Gasteiger partial charge < -0.3 is 5.11 Å². The van der Waals surface area contributed by atoms with Crippen molar-refractivity contribution in [2.24, 2.45) is 11.8 Å². The van der Waals surface area contributed by atoms with Crippen LogP contribution in [0, 0.1) is 11.8 Å². The molecule has 2 fully saturated rings. The zero-order chi connectivity index (χ0) is 13.5. The summed E-state index contributed by atoms with van der Waals surface area (Å²) in [6, 6.07) is 8.67. The number of benzene rings is 1. The van der Waals surface area contributed by atoms with Gasteiger partial charge >= 0.3 is 0 Å². The molecule has 0 amide bonds. The average Bonchev–Trinajstić information content (AvgIpc) is 2.33. The third kappa shape index (κ3) is 2.23. The molecule has 0 heterocycles. The van der Waals surface area contributed by atoms with Crippen molar-refractivity contribution in [3.8, 4) is 0 Å². The van der Waals surface area contributed by atoms with Gasteiger partial charge in [0.25, 0.3) is 0 Å². The first-order valence-corrected chi connectivity index (χ1v) is 7.93. The predicted octanol–water partition coefficient (Wildman–Crippen LogP) is 4.60. The van der Waals surface area contributed by atoms with E-state index in [2.05, 4.69) is 38.1 Å². The summed E-state index contributed by atoms with van der Waals surface area (Å²) < 4.78 is 0. The van der Waals surface area contributed by atoms with Crippen molar-refractivity contribution >= 4 is 0 Å². The van der Waals surface area contributed by atoms with Gasteiger partial charge in [0.05, 0.1) is 5.60 Å². The van der Waals surface area contributed by atoms with Crippen molar-refractivity contribution in [1.82, 2.24) is 0 Å². The molecular formula is C18H26O. The Labute approximate surface area is 117 Å². The molecule has 0 spiro atoms. The average molecular weight is 258 g/mol. The van der Waals surface area contributed by atoms with E-state index in [1.165, 1.54) is 30.4 Å². The molecular weight excluding hydrogens is 232 g/mol. The summed E-state index contributed by atoms with van der Waals surface area (Å²) in [5, 5.41) is 11.3. The SMILES string of the molecule is CC1CCC(O)(c2ccccc2C2CCC2)C(C)C1. The molecule has 0 radical (unpaired) electrons. The fraction of sp³-hybridized carbons (Fsp3) is 0.667. The van der Waals surface area contributed by atoms with E-state index in [1.54, 1.807) is 0 Å². The minimum Gasteiger partial charge on any atom is -0.385 e. The molecule has 1 aromatic rings. The maximum Gasteiger partial charge on any atom is 0.0924 e.